The Kier molecular flexibility index (Phi) is 6.38. The predicted molar refractivity (Wildman–Crippen MR) is 100 cm³/mol. The fourth-order valence-corrected chi connectivity index (χ4v) is 5.71. The standard InChI is InChI=1S/C17H22FN3O2S2/c1-3-24-15-14(10-22)23-17(16(15)25-4-2)21-13(9-19-20-21)11-5-7-12(18)8-6-11/h5-9,14-17,22H,3-4,10H2,1-2H3/t14-,15-,16-,17-/m1/s1. The van der Waals surface area contributed by atoms with Crippen LogP contribution in [0.1, 0.15) is 20.1 Å². The lowest BCUT2D eigenvalue weighted by atomic mass is 10.1. The fourth-order valence-electron chi connectivity index (χ4n) is 3.07. The molecule has 8 heteroatoms. The molecule has 1 N–H and O–H groups in total. The molecule has 0 saturated carbocycles. The molecule has 0 bridgehead atoms. The Hall–Kier alpha value is -1.09. The van der Waals surface area contributed by atoms with Gasteiger partial charge in [-0.2, -0.15) is 23.5 Å². The minimum atomic E-state index is -0.311. The van der Waals surface area contributed by atoms with E-state index in [4.69, 9.17) is 4.74 Å². The molecule has 1 aliphatic rings. The van der Waals surface area contributed by atoms with Crippen molar-refractivity contribution in [3.63, 3.8) is 0 Å². The van der Waals surface area contributed by atoms with Crippen molar-refractivity contribution in [2.45, 2.75) is 36.7 Å². The zero-order chi connectivity index (χ0) is 17.8. The molecular formula is C17H22FN3O2S2. The number of benzene rings is 1. The molecule has 0 aliphatic carbocycles. The van der Waals surface area contributed by atoms with Gasteiger partial charge >= 0.3 is 0 Å². The van der Waals surface area contributed by atoms with Gasteiger partial charge in [-0.3, -0.25) is 0 Å². The van der Waals surface area contributed by atoms with Crippen LogP contribution in [0.5, 0.6) is 0 Å². The van der Waals surface area contributed by atoms with Crippen LogP contribution in [-0.4, -0.2) is 54.8 Å². The van der Waals surface area contributed by atoms with Crippen LogP contribution < -0.4 is 0 Å². The minimum absolute atomic E-state index is 0.0183. The second-order valence-corrected chi connectivity index (χ2v) is 8.57. The first kappa shape index (κ1) is 18.7. The van der Waals surface area contributed by atoms with Crippen LogP contribution in [0.15, 0.2) is 30.5 Å². The van der Waals surface area contributed by atoms with Gasteiger partial charge in [0.1, 0.15) is 5.82 Å². The number of aliphatic hydroxyl groups is 1. The minimum Gasteiger partial charge on any atom is -0.394 e. The highest BCUT2D eigenvalue weighted by Gasteiger charge is 2.46. The lowest BCUT2D eigenvalue weighted by Crippen LogP contribution is -2.29. The largest absolute Gasteiger partial charge is 0.394 e. The Morgan fingerprint density at radius 2 is 1.84 bits per heavy atom. The highest BCUT2D eigenvalue weighted by Crippen LogP contribution is 2.44. The second kappa shape index (κ2) is 8.53. The molecule has 0 unspecified atom stereocenters. The molecule has 0 spiro atoms. The third kappa shape index (κ3) is 3.86. The van der Waals surface area contributed by atoms with Gasteiger partial charge < -0.3 is 9.84 Å². The van der Waals surface area contributed by atoms with E-state index in [1.54, 1.807) is 23.0 Å². The van der Waals surface area contributed by atoms with Gasteiger partial charge in [-0.15, -0.1) is 5.10 Å². The number of nitrogens with zero attached hydrogens (tertiary/aromatic N) is 3. The third-order valence-electron chi connectivity index (χ3n) is 4.14. The fraction of sp³-hybridized carbons (Fsp3) is 0.529. The van der Waals surface area contributed by atoms with Gasteiger partial charge in [-0.05, 0) is 35.8 Å². The van der Waals surface area contributed by atoms with Gasteiger partial charge in [0, 0.05) is 10.8 Å². The average Bonchev–Trinajstić information content (AvgIpc) is 3.22. The van der Waals surface area contributed by atoms with Crippen LogP contribution in [-0.2, 0) is 4.74 Å². The maximum atomic E-state index is 13.2. The van der Waals surface area contributed by atoms with Crippen molar-refractivity contribution in [1.82, 2.24) is 15.0 Å². The SMILES string of the molecule is CCS[C@@H]1[C@H](SCC)[C@@H](CO)O[C@H]1n1nncc1-c1ccc(F)cc1. The number of hydrogen-bond donors (Lipinski definition) is 1. The van der Waals surface area contributed by atoms with E-state index in [-0.39, 0.29) is 35.3 Å². The zero-order valence-corrected chi connectivity index (χ0v) is 15.8. The molecule has 5 nitrogen and oxygen atoms in total. The molecule has 0 amide bonds. The molecule has 0 radical (unpaired) electrons. The van der Waals surface area contributed by atoms with Gasteiger partial charge in [0.2, 0.25) is 0 Å². The lowest BCUT2D eigenvalue weighted by molar-refractivity contribution is -0.0260. The summed E-state index contributed by atoms with van der Waals surface area (Å²) in [4.78, 5) is 0. The Balaban J connectivity index is 1.95. The van der Waals surface area contributed by atoms with Crippen molar-refractivity contribution in [3.8, 4) is 11.3 Å². The van der Waals surface area contributed by atoms with Crippen LogP contribution in [0.2, 0.25) is 0 Å². The number of halogens is 1. The Morgan fingerprint density at radius 1 is 1.16 bits per heavy atom. The topological polar surface area (TPSA) is 60.2 Å². The van der Waals surface area contributed by atoms with Crippen LogP contribution >= 0.6 is 23.5 Å². The van der Waals surface area contributed by atoms with Gasteiger partial charge in [0.25, 0.3) is 0 Å². The van der Waals surface area contributed by atoms with Gasteiger partial charge in [0.15, 0.2) is 6.23 Å². The van der Waals surface area contributed by atoms with Crippen LogP contribution in [0.4, 0.5) is 4.39 Å². The summed E-state index contributed by atoms with van der Waals surface area (Å²) in [5.41, 5.74) is 1.62. The molecule has 136 valence electrons. The first-order valence-corrected chi connectivity index (χ1v) is 10.4. The van der Waals surface area contributed by atoms with E-state index in [9.17, 15) is 9.50 Å². The lowest BCUT2D eigenvalue weighted by Gasteiger charge is -2.23. The smallest absolute Gasteiger partial charge is 0.166 e. The van der Waals surface area contributed by atoms with Crippen LogP contribution in [0, 0.1) is 5.82 Å². The maximum absolute atomic E-state index is 13.2. The molecule has 2 heterocycles. The van der Waals surface area contributed by atoms with Crippen molar-refractivity contribution in [2.75, 3.05) is 18.1 Å². The predicted octanol–water partition coefficient (Wildman–Crippen LogP) is 3.22. The van der Waals surface area contributed by atoms with E-state index >= 15 is 0 Å². The summed E-state index contributed by atoms with van der Waals surface area (Å²) < 4.78 is 21.2. The molecule has 25 heavy (non-hydrogen) atoms. The summed E-state index contributed by atoms with van der Waals surface area (Å²) in [6, 6.07) is 6.27. The van der Waals surface area contributed by atoms with E-state index in [0.717, 1.165) is 22.8 Å². The van der Waals surface area contributed by atoms with Crippen molar-refractivity contribution in [2.24, 2.45) is 0 Å². The molecule has 1 aromatic heterocycles. The second-order valence-electron chi connectivity index (χ2n) is 5.66. The number of aromatic nitrogens is 3. The van der Waals surface area contributed by atoms with Gasteiger partial charge in [0.05, 0.1) is 29.9 Å². The summed E-state index contributed by atoms with van der Waals surface area (Å²) in [7, 11) is 0. The highest BCUT2D eigenvalue weighted by atomic mass is 32.2. The summed E-state index contributed by atoms with van der Waals surface area (Å²) in [5.74, 6) is 1.63. The monoisotopic (exact) mass is 383 g/mol. The van der Waals surface area contributed by atoms with Crippen molar-refractivity contribution in [3.05, 3.63) is 36.3 Å². The van der Waals surface area contributed by atoms with Crippen molar-refractivity contribution in [1.29, 1.82) is 0 Å². The quantitative estimate of drug-likeness (QED) is 0.792. The Bertz CT molecular complexity index is 683. The van der Waals surface area contributed by atoms with E-state index in [0.29, 0.717) is 0 Å². The maximum Gasteiger partial charge on any atom is 0.166 e. The summed E-state index contributed by atoms with van der Waals surface area (Å²) in [6.45, 7) is 4.21. The normalized spacial score (nSPS) is 26.2. The first-order chi connectivity index (χ1) is 12.2. The molecule has 1 fully saturated rings. The highest BCUT2D eigenvalue weighted by molar-refractivity contribution is 8.03. The van der Waals surface area contributed by atoms with Gasteiger partial charge in [-0.25, -0.2) is 9.07 Å². The van der Waals surface area contributed by atoms with Crippen LogP contribution in [0.3, 0.4) is 0 Å². The van der Waals surface area contributed by atoms with E-state index in [1.807, 2.05) is 23.5 Å². The zero-order valence-electron chi connectivity index (χ0n) is 14.2. The number of ether oxygens (including phenoxy) is 1. The van der Waals surface area contributed by atoms with E-state index in [1.165, 1.54) is 12.1 Å². The summed E-state index contributed by atoms with van der Waals surface area (Å²) in [5, 5.41) is 18.4. The third-order valence-corrected chi connectivity index (χ3v) is 6.87. The molecule has 4 atom stereocenters. The first-order valence-electron chi connectivity index (χ1n) is 8.35. The number of thioether (sulfide) groups is 2. The van der Waals surface area contributed by atoms with E-state index in [2.05, 4.69) is 24.2 Å². The number of rotatable bonds is 7. The Morgan fingerprint density at radius 3 is 2.48 bits per heavy atom. The molecule has 3 rings (SSSR count). The van der Waals surface area contributed by atoms with Crippen LogP contribution in [0.25, 0.3) is 11.3 Å². The molecule has 1 aliphatic heterocycles. The van der Waals surface area contributed by atoms with Gasteiger partial charge in [-0.1, -0.05) is 19.1 Å². The molecular weight excluding hydrogens is 361 g/mol. The van der Waals surface area contributed by atoms with Crippen molar-refractivity contribution >= 4 is 23.5 Å². The Labute approximate surface area is 155 Å². The number of hydrogen-bond acceptors (Lipinski definition) is 6. The van der Waals surface area contributed by atoms with Crippen molar-refractivity contribution < 1.29 is 14.2 Å². The number of aliphatic hydroxyl groups excluding tert-OH is 1. The molecule has 1 aromatic carbocycles. The molecule has 2 aromatic rings. The molecule has 1 saturated heterocycles. The van der Waals surface area contributed by atoms with E-state index < -0.39 is 0 Å². The summed E-state index contributed by atoms with van der Waals surface area (Å²) in [6.07, 6.45) is 1.12. The summed E-state index contributed by atoms with van der Waals surface area (Å²) >= 11 is 3.62. The average molecular weight is 384 g/mol.